The van der Waals surface area contributed by atoms with Crippen LogP contribution in [-0.4, -0.2) is 19.8 Å². The average molecular weight is 220 g/mol. The van der Waals surface area contributed by atoms with Crippen LogP contribution in [-0.2, 0) is 4.74 Å². The minimum Gasteiger partial charge on any atom is -0.398 e. The molecule has 2 rings (SSSR count). The Kier molecular flexibility index (Phi) is 3.67. The highest BCUT2D eigenvalue weighted by molar-refractivity contribution is 5.58. The van der Waals surface area contributed by atoms with Crippen LogP contribution >= 0.6 is 0 Å². The third-order valence-electron chi connectivity index (χ3n) is 2.91. The summed E-state index contributed by atoms with van der Waals surface area (Å²) in [5.41, 5.74) is 8.85. The zero-order chi connectivity index (χ0) is 11.4. The van der Waals surface area contributed by atoms with Gasteiger partial charge in [-0.3, -0.25) is 0 Å². The Hall–Kier alpha value is -1.22. The molecule has 0 unspecified atom stereocenters. The predicted octanol–water partition coefficient (Wildman–Crippen LogP) is 2.42. The SMILES string of the molecule is Cc1ccc(NCCOCC2CC2)cc1N. The topological polar surface area (TPSA) is 47.3 Å². The fraction of sp³-hybridized carbons (Fsp3) is 0.538. The van der Waals surface area contributed by atoms with Crippen LogP contribution in [0.15, 0.2) is 18.2 Å². The van der Waals surface area contributed by atoms with Gasteiger partial charge in [0.2, 0.25) is 0 Å². The van der Waals surface area contributed by atoms with E-state index in [0.717, 1.165) is 42.6 Å². The lowest BCUT2D eigenvalue weighted by atomic mass is 10.2. The summed E-state index contributed by atoms with van der Waals surface area (Å²) in [4.78, 5) is 0. The molecule has 0 aromatic heterocycles. The van der Waals surface area contributed by atoms with Crippen molar-refractivity contribution in [2.45, 2.75) is 19.8 Å². The van der Waals surface area contributed by atoms with Gasteiger partial charge in [-0.25, -0.2) is 0 Å². The van der Waals surface area contributed by atoms with Gasteiger partial charge < -0.3 is 15.8 Å². The first-order valence-electron chi connectivity index (χ1n) is 5.93. The van der Waals surface area contributed by atoms with E-state index in [1.807, 2.05) is 25.1 Å². The van der Waals surface area contributed by atoms with Crippen molar-refractivity contribution in [3.8, 4) is 0 Å². The smallest absolute Gasteiger partial charge is 0.0639 e. The van der Waals surface area contributed by atoms with E-state index in [0.29, 0.717) is 0 Å². The molecule has 1 aromatic rings. The van der Waals surface area contributed by atoms with Crippen LogP contribution in [0, 0.1) is 12.8 Å². The average Bonchev–Trinajstić information content (AvgIpc) is 3.07. The van der Waals surface area contributed by atoms with Crippen LogP contribution in [0.1, 0.15) is 18.4 Å². The number of anilines is 2. The van der Waals surface area contributed by atoms with E-state index in [1.165, 1.54) is 12.8 Å². The molecule has 3 N–H and O–H groups in total. The lowest BCUT2D eigenvalue weighted by molar-refractivity contribution is 0.134. The van der Waals surface area contributed by atoms with Crippen molar-refractivity contribution in [3.05, 3.63) is 23.8 Å². The van der Waals surface area contributed by atoms with E-state index in [-0.39, 0.29) is 0 Å². The zero-order valence-electron chi connectivity index (χ0n) is 9.83. The number of ether oxygens (including phenoxy) is 1. The zero-order valence-corrected chi connectivity index (χ0v) is 9.83. The molecule has 3 heteroatoms. The molecule has 0 heterocycles. The molecule has 1 fully saturated rings. The van der Waals surface area contributed by atoms with Crippen LogP contribution in [0.2, 0.25) is 0 Å². The van der Waals surface area contributed by atoms with Crippen molar-refractivity contribution < 1.29 is 4.74 Å². The van der Waals surface area contributed by atoms with Gasteiger partial charge in [-0.05, 0) is 43.4 Å². The second-order valence-corrected chi connectivity index (χ2v) is 4.52. The first-order chi connectivity index (χ1) is 7.75. The van der Waals surface area contributed by atoms with Crippen LogP contribution in [0.25, 0.3) is 0 Å². The number of aryl methyl sites for hydroxylation is 1. The normalized spacial score (nSPS) is 15.1. The Morgan fingerprint density at radius 3 is 2.94 bits per heavy atom. The summed E-state index contributed by atoms with van der Waals surface area (Å²) in [6.07, 6.45) is 2.70. The molecule has 1 saturated carbocycles. The lowest BCUT2D eigenvalue weighted by Crippen LogP contribution is -2.10. The van der Waals surface area contributed by atoms with E-state index in [9.17, 15) is 0 Å². The Bertz CT molecular complexity index is 348. The van der Waals surface area contributed by atoms with Gasteiger partial charge in [0.25, 0.3) is 0 Å². The number of nitrogen functional groups attached to an aromatic ring is 1. The third kappa shape index (κ3) is 3.42. The quantitative estimate of drug-likeness (QED) is 0.571. The van der Waals surface area contributed by atoms with E-state index in [4.69, 9.17) is 10.5 Å². The first-order valence-corrected chi connectivity index (χ1v) is 5.93. The number of rotatable bonds is 6. The molecule has 0 aliphatic heterocycles. The summed E-state index contributed by atoms with van der Waals surface area (Å²) in [6, 6.07) is 6.05. The van der Waals surface area contributed by atoms with Crippen LogP contribution in [0.4, 0.5) is 11.4 Å². The van der Waals surface area contributed by atoms with Gasteiger partial charge in [-0.2, -0.15) is 0 Å². The molecule has 0 bridgehead atoms. The first kappa shape index (κ1) is 11.3. The summed E-state index contributed by atoms with van der Waals surface area (Å²) in [5.74, 6) is 0.843. The van der Waals surface area contributed by atoms with Crippen LogP contribution < -0.4 is 11.1 Å². The highest BCUT2D eigenvalue weighted by Crippen LogP contribution is 2.28. The van der Waals surface area contributed by atoms with Crippen LogP contribution in [0.3, 0.4) is 0 Å². The molecule has 88 valence electrons. The molecule has 0 radical (unpaired) electrons. The molecular weight excluding hydrogens is 200 g/mol. The molecule has 0 atom stereocenters. The maximum atomic E-state index is 5.83. The minimum atomic E-state index is 0.768. The molecule has 0 saturated heterocycles. The highest BCUT2D eigenvalue weighted by atomic mass is 16.5. The summed E-state index contributed by atoms with van der Waals surface area (Å²) >= 11 is 0. The van der Waals surface area contributed by atoms with E-state index in [2.05, 4.69) is 5.32 Å². The summed E-state index contributed by atoms with van der Waals surface area (Å²) in [5, 5.41) is 3.30. The Balaban J connectivity index is 1.65. The van der Waals surface area contributed by atoms with Crippen molar-refractivity contribution >= 4 is 11.4 Å². The standard InChI is InChI=1S/C13H20N2O/c1-10-2-5-12(8-13(10)14)15-6-7-16-9-11-3-4-11/h2,5,8,11,15H,3-4,6-7,9,14H2,1H3. The Morgan fingerprint density at radius 2 is 2.25 bits per heavy atom. The fourth-order valence-corrected chi connectivity index (χ4v) is 1.55. The molecule has 16 heavy (non-hydrogen) atoms. The summed E-state index contributed by atoms with van der Waals surface area (Å²) in [7, 11) is 0. The number of benzene rings is 1. The molecule has 1 aromatic carbocycles. The monoisotopic (exact) mass is 220 g/mol. The number of hydrogen-bond donors (Lipinski definition) is 2. The second-order valence-electron chi connectivity index (χ2n) is 4.52. The van der Waals surface area contributed by atoms with Gasteiger partial charge in [0.15, 0.2) is 0 Å². The van der Waals surface area contributed by atoms with Crippen molar-refractivity contribution in [2.75, 3.05) is 30.8 Å². The van der Waals surface area contributed by atoms with Gasteiger partial charge in [0, 0.05) is 24.5 Å². The van der Waals surface area contributed by atoms with E-state index >= 15 is 0 Å². The van der Waals surface area contributed by atoms with Crippen molar-refractivity contribution in [1.82, 2.24) is 0 Å². The molecular formula is C13H20N2O. The van der Waals surface area contributed by atoms with Gasteiger partial charge in [-0.15, -0.1) is 0 Å². The molecule has 1 aliphatic carbocycles. The molecule has 1 aliphatic rings. The molecule has 3 nitrogen and oxygen atoms in total. The predicted molar refractivity (Wildman–Crippen MR) is 67.6 cm³/mol. The maximum Gasteiger partial charge on any atom is 0.0639 e. The maximum absolute atomic E-state index is 5.83. The second kappa shape index (κ2) is 5.21. The van der Waals surface area contributed by atoms with Gasteiger partial charge in [0.05, 0.1) is 6.61 Å². The Labute approximate surface area is 97.0 Å². The van der Waals surface area contributed by atoms with Crippen LogP contribution in [0.5, 0.6) is 0 Å². The van der Waals surface area contributed by atoms with E-state index in [1.54, 1.807) is 0 Å². The minimum absolute atomic E-state index is 0.768. The Morgan fingerprint density at radius 1 is 1.44 bits per heavy atom. The lowest BCUT2D eigenvalue weighted by Gasteiger charge is -2.08. The van der Waals surface area contributed by atoms with Gasteiger partial charge in [-0.1, -0.05) is 6.07 Å². The van der Waals surface area contributed by atoms with Gasteiger partial charge >= 0.3 is 0 Å². The largest absolute Gasteiger partial charge is 0.398 e. The number of nitrogens with one attached hydrogen (secondary N) is 1. The summed E-state index contributed by atoms with van der Waals surface area (Å²) < 4.78 is 5.54. The fourth-order valence-electron chi connectivity index (χ4n) is 1.55. The number of hydrogen-bond acceptors (Lipinski definition) is 3. The highest BCUT2D eigenvalue weighted by Gasteiger charge is 2.20. The van der Waals surface area contributed by atoms with E-state index < -0.39 is 0 Å². The van der Waals surface area contributed by atoms with Crippen molar-refractivity contribution in [1.29, 1.82) is 0 Å². The van der Waals surface area contributed by atoms with Gasteiger partial charge in [0.1, 0.15) is 0 Å². The van der Waals surface area contributed by atoms with Crippen molar-refractivity contribution in [2.24, 2.45) is 5.92 Å². The van der Waals surface area contributed by atoms with Crippen molar-refractivity contribution in [3.63, 3.8) is 0 Å². The number of nitrogens with two attached hydrogens (primary N) is 1. The third-order valence-corrected chi connectivity index (χ3v) is 2.91. The molecule has 0 amide bonds. The molecule has 0 spiro atoms. The summed E-state index contributed by atoms with van der Waals surface area (Å²) in [6.45, 7) is 4.55.